The van der Waals surface area contributed by atoms with Gasteiger partial charge in [0.1, 0.15) is 48.8 Å². The highest BCUT2D eigenvalue weighted by atomic mass is 16.8. The van der Waals surface area contributed by atoms with E-state index in [2.05, 4.69) is 0 Å². The number of hydrogen-bond donors (Lipinski definition) is 0. The fourth-order valence-corrected chi connectivity index (χ4v) is 4.67. The van der Waals surface area contributed by atoms with Crippen molar-refractivity contribution < 1.29 is 56.8 Å². The van der Waals surface area contributed by atoms with E-state index in [4.69, 9.17) is 56.8 Å². The van der Waals surface area contributed by atoms with Gasteiger partial charge in [-0.1, -0.05) is 0 Å². The van der Waals surface area contributed by atoms with Crippen LogP contribution < -0.4 is 0 Å². The van der Waals surface area contributed by atoms with Crippen LogP contribution in [0.25, 0.3) is 0 Å². The summed E-state index contributed by atoms with van der Waals surface area (Å²) in [6.45, 7) is 1.74. The Labute approximate surface area is 201 Å². The van der Waals surface area contributed by atoms with E-state index in [0.717, 1.165) is 0 Å². The van der Waals surface area contributed by atoms with E-state index in [1.807, 2.05) is 0 Å². The van der Waals surface area contributed by atoms with Crippen molar-refractivity contribution in [3.63, 3.8) is 0 Å². The Hall–Kier alpha value is -0.480. The molecule has 3 aliphatic rings. The molecule has 12 heteroatoms. The van der Waals surface area contributed by atoms with Crippen molar-refractivity contribution >= 4 is 0 Å². The second-order valence-electron chi connectivity index (χ2n) is 8.21. The molecule has 0 radical (unpaired) electrons. The van der Waals surface area contributed by atoms with Crippen LogP contribution in [0.5, 0.6) is 0 Å². The highest BCUT2D eigenvalue weighted by Gasteiger charge is 2.52. The van der Waals surface area contributed by atoms with Crippen LogP contribution in [0.15, 0.2) is 0 Å². The van der Waals surface area contributed by atoms with Crippen LogP contribution in [0.4, 0.5) is 0 Å². The zero-order valence-electron chi connectivity index (χ0n) is 20.9. The van der Waals surface area contributed by atoms with Crippen LogP contribution in [0.1, 0.15) is 0 Å². The Morgan fingerprint density at radius 3 is 1.29 bits per heavy atom. The lowest BCUT2D eigenvalue weighted by Gasteiger charge is -2.28. The molecule has 0 N–H and O–H groups in total. The minimum absolute atomic E-state index is 0.246. The molecule has 0 aromatic carbocycles. The Bertz CT molecular complexity index is 520. The van der Waals surface area contributed by atoms with Gasteiger partial charge in [0.25, 0.3) is 0 Å². The number of ether oxygens (including phenoxy) is 12. The van der Waals surface area contributed by atoms with E-state index in [9.17, 15) is 0 Å². The second kappa shape index (κ2) is 14.3. The van der Waals surface area contributed by atoms with Crippen LogP contribution in [-0.2, 0) is 56.8 Å². The maximum Gasteiger partial charge on any atom is 0.187 e. The van der Waals surface area contributed by atoms with Gasteiger partial charge in [-0.15, -0.1) is 0 Å². The summed E-state index contributed by atoms with van der Waals surface area (Å²) in [5, 5.41) is 0. The lowest BCUT2D eigenvalue weighted by molar-refractivity contribution is -0.230. The third-order valence-corrected chi connectivity index (χ3v) is 6.31. The first-order valence-electron chi connectivity index (χ1n) is 11.5. The molecule has 10 atom stereocenters. The molecule has 0 aromatic heterocycles. The fraction of sp³-hybridized carbons (Fsp3) is 1.00. The smallest absolute Gasteiger partial charge is 0.187 e. The van der Waals surface area contributed by atoms with Crippen LogP contribution in [0.3, 0.4) is 0 Å². The van der Waals surface area contributed by atoms with Gasteiger partial charge >= 0.3 is 0 Å². The predicted molar refractivity (Wildman–Crippen MR) is 116 cm³/mol. The van der Waals surface area contributed by atoms with E-state index in [1.165, 1.54) is 0 Å². The topological polar surface area (TPSA) is 111 Å². The maximum absolute atomic E-state index is 6.13. The van der Waals surface area contributed by atoms with Crippen LogP contribution in [0, 0.1) is 0 Å². The highest BCUT2D eigenvalue weighted by Crippen LogP contribution is 2.33. The molecule has 0 amide bonds. The quantitative estimate of drug-likeness (QED) is 0.393. The lowest BCUT2D eigenvalue weighted by Crippen LogP contribution is -2.45. The molecule has 0 unspecified atom stereocenters. The summed E-state index contributed by atoms with van der Waals surface area (Å²) < 4.78 is 69.6. The first-order valence-corrected chi connectivity index (χ1v) is 11.5. The van der Waals surface area contributed by atoms with Crippen LogP contribution in [-0.4, -0.2) is 144 Å². The van der Waals surface area contributed by atoms with Gasteiger partial charge in [-0.25, -0.2) is 0 Å². The summed E-state index contributed by atoms with van der Waals surface area (Å²) in [4.78, 5) is 0. The van der Waals surface area contributed by atoms with Crippen molar-refractivity contribution in [1.29, 1.82) is 0 Å². The third kappa shape index (κ3) is 6.44. The summed E-state index contributed by atoms with van der Waals surface area (Å²) in [6.07, 6.45) is -4.64. The zero-order valence-corrected chi connectivity index (χ0v) is 20.9. The number of methoxy groups -OCH3 is 6. The summed E-state index contributed by atoms with van der Waals surface area (Å²) in [6, 6.07) is 0. The summed E-state index contributed by atoms with van der Waals surface area (Å²) in [5.74, 6) is 0. The number of rotatable bonds is 10. The zero-order chi connectivity index (χ0) is 24.5. The van der Waals surface area contributed by atoms with E-state index in [0.29, 0.717) is 13.2 Å². The average molecular weight is 497 g/mol. The van der Waals surface area contributed by atoms with Gasteiger partial charge in [-0.2, -0.15) is 0 Å². The SMILES string of the molecule is COC[C@@H](OC)[C@H]1O[C@H]2OCCO[C@@H]3O[C@H]([C@@H](COC)OC)[C@H](OC)[C@H]3OCCO[C@@H]2[C@H]1OC. The Kier molecular flexibility index (Phi) is 11.8. The third-order valence-electron chi connectivity index (χ3n) is 6.31. The molecular formula is C22H40O12. The van der Waals surface area contributed by atoms with Crippen molar-refractivity contribution in [1.82, 2.24) is 0 Å². The minimum atomic E-state index is -0.660. The van der Waals surface area contributed by atoms with Crippen molar-refractivity contribution in [2.75, 3.05) is 82.3 Å². The molecule has 0 spiro atoms. The predicted octanol–water partition coefficient (Wildman–Crippen LogP) is -0.394. The van der Waals surface area contributed by atoms with Gasteiger partial charge in [-0.3, -0.25) is 0 Å². The molecule has 3 fully saturated rings. The van der Waals surface area contributed by atoms with Gasteiger partial charge in [-0.05, 0) is 0 Å². The largest absolute Gasteiger partial charge is 0.382 e. The molecule has 0 aliphatic carbocycles. The first kappa shape index (κ1) is 28.1. The van der Waals surface area contributed by atoms with E-state index in [-0.39, 0.29) is 38.6 Å². The molecule has 200 valence electrons. The summed E-state index contributed by atoms with van der Waals surface area (Å²) in [5.41, 5.74) is 0. The molecule has 3 saturated heterocycles. The van der Waals surface area contributed by atoms with Crippen LogP contribution >= 0.6 is 0 Å². The Morgan fingerprint density at radius 2 is 0.971 bits per heavy atom. The van der Waals surface area contributed by atoms with E-state index in [1.54, 1.807) is 42.7 Å². The van der Waals surface area contributed by atoms with Crippen molar-refractivity contribution in [2.24, 2.45) is 0 Å². The molecule has 3 rings (SSSR count). The molecule has 0 saturated carbocycles. The molecule has 3 aliphatic heterocycles. The van der Waals surface area contributed by atoms with Crippen molar-refractivity contribution in [3.8, 4) is 0 Å². The van der Waals surface area contributed by atoms with E-state index >= 15 is 0 Å². The second-order valence-corrected chi connectivity index (χ2v) is 8.21. The average Bonchev–Trinajstić information content (AvgIpc) is 3.37. The van der Waals surface area contributed by atoms with Crippen molar-refractivity contribution in [3.05, 3.63) is 0 Å². The van der Waals surface area contributed by atoms with Crippen LogP contribution in [0.2, 0.25) is 0 Å². The molecular weight excluding hydrogens is 456 g/mol. The number of fused-ring (bicyclic) bond motifs is 2. The molecule has 3 heterocycles. The standard InChI is InChI=1S/C22H40O12/c1-23-11-13(25-3)15-17(27-5)19-21(33-15)31-9-10-32-22-20(30-8-7-29-19)18(28-6)16(34-22)14(26-4)12-24-2/h13-22H,7-12H2,1-6H3/t13-,14-,15-,16-,17+,18+,19-,20-,21-,22-/m1/s1. The van der Waals surface area contributed by atoms with E-state index < -0.39 is 49.2 Å². The first-order chi connectivity index (χ1) is 16.6. The molecule has 34 heavy (non-hydrogen) atoms. The summed E-state index contributed by atoms with van der Waals surface area (Å²) >= 11 is 0. The van der Waals surface area contributed by atoms with Gasteiger partial charge in [0.2, 0.25) is 0 Å². The fourth-order valence-electron chi connectivity index (χ4n) is 4.67. The molecule has 0 aromatic rings. The lowest BCUT2D eigenvalue weighted by atomic mass is 10.1. The molecule has 0 bridgehead atoms. The normalized spacial score (nSPS) is 39.0. The minimum Gasteiger partial charge on any atom is -0.382 e. The summed E-state index contributed by atoms with van der Waals surface area (Å²) in [7, 11) is 9.64. The Balaban J connectivity index is 1.68. The number of hydrogen-bond acceptors (Lipinski definition) is 12. The maximum atomic E-state index is 6.13. The highest BCUT2D eigenvalue weighted by molar-refractivity contribution is 4.95. The van der Waals surface area contributed by atoms with Gasteiger partial charge in [0.15, 0.2) is 12.6 Å². The van der Waals surface area contributed by atoms with Gasteiger partial charge in [0.05, 0.1) is 39.6 Å². The van der Waals surface area contributed by atoms with Gasteiger partial charge < -0.3 is 56.8 Å². The van der Waals surface area contributed by atoms with Crippen molar-refractivity contribution in [2.45, 2.75) is 61.4 Å². The Morgan fingerprint density at radius 1 is 0.588 bits per heavy atom. The van der Waals surface area contributed by atoms with Gasteiger partial charge in [0, 0.05) is 42.7 Å². The monoisotopic (exact) mass is 496 g/mol. The molecule has 12 nitrogen and oxygen atoms in total.